The summed E-state index contributed by atoms with van der Waals surface area (Å²) in [5.74, 6) is 1.45. The van der Waals surface area contributed by atoms with Gasteiger partial charge in [0.15, 0.2) is 5.96 Å². The fraction of sp³-hybridized carbons (Fsp3) is 0.364. The van der Waals surface area contributed by atoms with Crippen molar-refractivity contribution in [2.24, 2.45) is 4.99 Å². The number of hydrogen-bond donors (Lipinski definition) is 2. The van der Waals surface area contributed by atoms with E-state index in [2.05, 4.69) is 62.1 Å². The van der Waals surface area contributed by atoms with E-state index in [0.717, 1.165) is 43.1 Å². The zero-order chi connectivity index (χ0) is 20.1. The third-order valence-electron chi connectivity index (χ3n) is 5.16. The molecular weight excluding hydrogens is 509 g/mol. The number of thiophene rings is 1. The summed E-state index contributed by atoms with van der Waals surface area (Å²) in [6.45, 7) is 4.78. The second-order valence-electron chi connectivity index (χ2n) is 7.29. The molecule has 1 aliphatic rings. The molecule has 8 heteroatoms. The minimum absolute atomic E-state index is 0. The molecule has 0 amide bonds. The van der Waals surface area contributed by atoms with E-state index in [4.69, 9.17) is 4.42 Å². The molecule has 30 heavy (non-hydrogen) atoms. The first-order valence-electron chi connectivity index (χ1n) is 9.98. The Bertz CT molecular complexity index is 931. The minimum atomic E-state index is 0. The van der Waals surface area contributed by atoms with Gasteiger partial charge in [0.1, 0.15) is 6.26 Å². The number of aromatic nitrogens is 1. The quantitative estimate of drug-likeness (QED) is 0.282. The Balaban J connectivity index is 0.00000256. The number of hydrogen-bond acceptors (Lipinski definition) is 5. The average Bonchev–Trinajstić information content (AvgIpc) is 3.44. The zero-order valence-electron chi connectivity index (χ0n) is 17.3. The molecule has 0 radical (unpaired) electrons. The third-order valence-corrected chi connectivity index (χ3v) is 6.09. The molecule has 3 aromatic rings. The van der Waals surface area contributed by atoms with Crippen LogP contribution < -0.4 is 15.5 Å². The van der Waals surface area contributed by atoms with Gasteiger partial charge in [0.25, 0.3) is 0 Å². The van der Waals surface area contributed by atoms with Crippen molar-refractivity contribution in [1.29, 1.82) is 0 Å². The van der Waals surface area contributed by atoms with E-state index in [-0.39, 0.29) is 24.0 Å². The Morgan fingerprint density at radius 2 is 2.00 bits per heavy atom. The molecule has 3 heterocycles. The molecule has 1 aromatic carbocycles. The highest BCUT2D eigenvalue weighted by atomic mass is 127. The monoisotopic (exact) mass is 537 g/mol. The van der Waals surface area contributed by atoms with Crippen LogP contribution in [0, 0.1) is 6.92 Å². The van der Waals surface area contributed by atoms with Gasteiger partial charge in [0.05, 0.1) is 17.2 Å². The summed E-state index contributed by atoms with van der Waals surface area (Å²) in [6, 6.07) is 12.9. The van der Waals surface area contributed by atoms with Gasteiger partial charge in [-0.2, -0.15) is 0 Å². The van der Waals surface area contributed by atoms with Gasteiger partial charge in [-0.15, -0.1) is 35.3 Å². The first-order valence-corrected chi connectivity index (χ1v) is 10.9. The van der Waals surface area contributed by atoms with Crippen molar-refractivity contribution in [2.45, 2.75) is 32.4 Å². The highest BCUT2D eigenvalue weighted by Gasteiger charge is 2.20. The molecule has 4 rings (SSSR count). The highest BCUT2D eigenvalue weighted by molar-refractivity contribution is 14.0. The standard InChI is InChI=1S/C22H27N5OS.HI/c1-16-5-7-17(8-6-16)21-25-19(15-28-21)14-24-22(23-2)26-18-9-11-27(12-10-18)20-4-3-13-29-20;/h3-8,13,15,18H,9-12,14H2,1-2H3,(H2,23,24,26);1H. The SMILES string of the molecule is CN=C(NCc1coc(-c2ccc(C)cc2)n1)NC1CCN(c2cccs2)CC1.I. The smallest absolute Gasteiger partial charge is 0.226 e. The maximum absolute atomic E-state index is 5.64. The van der Waals surface area contributed by atoms with E-state index in [1.165, 1.54) is 10.6 Å². The average molecular weight is 537 g/mol. The Labute approximate surface area is 198 Å². The fourth-order valence-electron chi connectivity index (χ4n) is 3.47. The largest absolute Gasteiger partial charge is 0.444 e. The Morgan fingerprint density at radius 3 is 2.67 bits per heavy atom. The molecule has 6 nitrogen and oxygen atoms in total. The molecular formula is C22H28IN5OS. The molecule has 1 aliphatic heterocycles. The lowest BCUT2D eigenvalue weighted by atomic mass is 10.1. The van der Waals surface area contributed by atoms with Gasteiger partial charge >= 0.3 is 0 Å². The summed E-state index contributed by atoms with van der Waals surface area (Å²) in [6.07, 6.45) is 3.90. The first kappa shape index (κ1) is 22.6. The van der Waals surface area contributed by atoms with Crippen LogP contribution in [-0.2, 0) is 6.54 Å². The number of guanidine groups is 1. The molecule has 1 fully saturated rings. The van der Waals surface area contributed by atoms with Crippen molar-refractivity contribution in [3.63, 3.8) is 0 Å². The van der Waals surface area contributed by atoms with Crippen molar-refractivity contribution in [3.8, 4) is 11.5 Å². The van der Waals surface area contributed by atoms with Gasteiger partial charge in [-0.05, 0) is 49.4 Å². The lowest BCUT2D eigenvalue weighted by molar-refractivity contribution is 0.462. The number of nitrogens with one attached hydrogen (secondary N) is 2. The Hall–Kier alpha value is -2.07. The lowest BCUT2D eigenvalue weighted by Gasteiger charge is -2.33. The number of oxazole rings is 1. The second kappa shape index (κ2) is 10.8. The summed E-state index contributed by atoms with van der Waals surface area (Å²) in [5.41, 5.74) is 3.07. The van der Waals surface area contributed by atoms with Crippen LogP contribution in [0.5, 0.6) is 0 Å². The number of halogens is 1. The van der Waals surface area contributed by atoms with Crippen molar-refractivity contribution >= 4 is 46.3 Å². The van der Waals surface area contributed by atoms with E-state index in [0.29, 0.717) is 18.5 Å². The number of aliphatic imine (C=N–C) groups is 1. The lowest BCUT2D eigenvalue weighted by Crippen LogP contribution is -2.48. The zero-order valence-corrected chi connectivity index (χ0v) is 20.4. The molecule has 2 N–H and O–H groups in total. The van der Waals surface area contributed by atoms with E-state index in [9.17, 15) is 0 Å². The van der Waals surface area contributed by atoms with E-state index >= 15 is 0 Å². The maximum Gasteiger partial charge on any atom is 0.226 e. The summed E-state index contributed by atoms with van der Waals surface area (Å²) in [4.78, 5) is 11.4. The van der Waals surface area contributed by atoms with Gasteiger partial charge in [-0.1, -0.05) is 17.7 Å². The van der Waals surface area contributed by atoms with Crippen LogP contribution in [-0.4, -0.2) is 37.1 Å². The van der Waals surface area contributed by atoms with Crippen molar-refractivity contribution in [2.75, 3.05) is 25.0 Å². The van der Waals surface area contributed by atoms with Crippen molar-refractivity contribution < 1.29 is 4.42 Å². The number of benzene rings is 1. The van der Waals surface area contributed by atoms with E-state index < -0.39 is 0 Å². The van der Waals surface area contributed by atoms with Crippen LogP contribution in [0.3, 0.4) is 0 Å². The fourth-order valence-corrected chi connectivity index (χ4v) is 4.26. The summed E-state index contributed by atoms with van der Waals surface area (Å²) in [5, 5.41) is 10.4. The number of rotatable bonds is 5. The molecule has 160 valence electrons. The van der Waals surface area contributed by atoms with Gasteiger partial charge in [0.2, 0.25) is 5.89 Å². The van der Waals surface area contributed by atoms with Gasteiger partial charge < -0.3 is 20.0 Å². The van der Waals surface area contributed by atoms with Crippen LogP contribution in [0.15, 0.2) is 57.5 Å². The number of nitrogens with zero attached hydrogens (tertiary/aromatic N) is 3. The predicted molar refractivity (Wildman–Crippen MR) is 135 cm³/mol. The summed E-state index contributed by atoms with van der Waals surface area (Å²) < 4.78 is 5.64. The molecule has 0 unspecified atom stereocenters. The molecule has 0 aliphatic carbocycles. The molecule has 0 spiro atoms. The number of aryl methyl sites for hydroxylation is 1. The summed E-state index contributed by atoms with van der Waals surface area (Å²) in [7, 11) is 1.80. The molecule has 0 atom stereocenters. The van der Waals surface area contributed by atoms with E-state index in [1.54, 1.807) is 13.3 Å². The third kappa shape index (κ3) is 5.75. The second-order valence-corrected chi connectivity index (χ2v) is 8.22. The van der Waals surface area contributed by atoms with Crippen LogP contribution in [0.1, 0.15) is 24.1 Å². The first-order chi connectivity index (χ1) is 14.2. The van der Waals surface area contributed by atoms with Crippen LogP contribution in [0.2, 0.25) is 0 Å². The summed E-state index contributed by atoms with van der Waals surface area (Å²) >= 11 is 1.81. The minimum Gasteiger partial charge on any atom is -0.444 e. The van der Waals surface area contributed by atoms with Gasteiger partial charge in [-0.3, -0.25) is 4.99 Å². The molecule has 1 saturated heterocycles. The van der Waals surface area contributed by atoms with Crippen LogP contribution in [0.4, 0.5) is 5.00 Å². The van der Waals surface area contributed by atoms with Crippen LogP contribution in [0.25, 0.3) is 11.5 Å². The van der Waals surface area contributed by atoms with Crippen LogP contribution >= 0.6 is 35.3 Å². The normalized spacial score (nSPS) is 15.0. The number of piperidine rings is 1. The molecule has 2 aromatic heterocycles. The molecule has 0 saturated carbocycles. The van der Waals surface area contributed by atoms with Gasteiger partial charge in [0, 0.05) is 31.7 Å². The Morgan fingerprint density at radius 1 is 1.23 bits per heavy atom. The maximum atomic E-state index is 5.64. The molecule has 0 bridgehead atoms. The highest BCUT2D eigenvalue weighted by Crippen LogP contribution is 2.24. The van der Waals surface area contributed by atoms with Gasteiger partial charge in [-0.25, -0.2) is 4.98 Å². The van der Waals surface area contributed by atoms with E-state index in [1.807, 2.05) is 23.5 Å². The Kier molecular flexibility index (Phi) is 8.15. The topological polar surface area (TPSA) is 65.7 Å². The van der Waals surface area contributed by atoms with Crippen molar-refractivity contribution in [1.82, 2.24) is 15.6 Å². The predicted octanol–water partition coefficient (Wildman–Crippen LogP) is 4.66. The van der Waals surface area contributed by atoms with Crippen molar-refractivity contribution in [3.05, 3.63) is 59.3 Å². The number of anilines is 1.